The molecule has 0 fully saturated rings. The lowest BCUT2D eigenvalue weighted by Crippen LogP contribution is -1.96. The molecule has 0 spiro atoms. The molecule has 2 aromatic heterocycles. The van der Waals surface area contributed by atoms with Crippen molar-refractivity contribution >= 4 is 0 Å². The van der Waals surface area contributed by atoms with Gasteiger partial charge < -0.3 is 0 Å². The van der Waals surface area contributed by atoms with Crippen LogP contribution in [0.5, 0.6) is 0 Å². The molecule has 2 heterocycles. The molecule has 4 rings (SSSR count). The van der Waals surface area contributed by atoms with Gasteiger partial charge in [0.15, 0.2) is 5.82 Å². The summed E-state index contributed by atoms with van der Waals surface area (Å²) in [5, 5.41) is 0. The van der Waals surface area contributed by atoms with Gasteiger partial charge in [-0.25, -0.2) is 9.97 Å². The summed E-state index contributed by atoms with van der Waals surface area (Å²) in [5.74, 6) is 0.722. The van der Waals surface area contributed by atoms with Crippen molar-refractivity contribution in [2.45, 2.75) is 6.92 Å². The third-order valence-corrected chi connectivity index (χ3v) is 4.03. The Morgan fingerprint density at radius 1 is 0.600 bits per heavy atom. The summed E-state index contributed by atoms with van der Waals surface area (Å²) in [6.45, 7) is 1.98. The van der Waals surface area contributed by atoms with E-state index in [-0.39, 0.29) is 0 Å². The molecule has 0 unspecified atom stereocenters. The molecule has 0 aliphatic heterocycles. The molecular formula is C22H17N3. The summed E-state index contributed by atoms with van der Waals surface area (Å²) in [6.07, 6.45) is 1.78. The fourth-order valence-corrected chi connectivity index (χ4v) is 2.79. The monoisotopic (exact) mass is 323 g/mol. The molecule has 2 aromatic carbocycles. The van der Waals surface area contributed by atoms with Crippen LogP contribution >= 0.6 is 0 Å². The molecule has 25 heavy (non-hydrogen) atoms. The minimum atomic E-state index is 0.722. The summed E-state index contributed by atoms with van der Waals surface area (Å²) in [6, 6.07) is 26.5. The maximum absolute atomic E-state index is 4.70. The van der Waals surface area contributed by atoms with Crippen LogP contribution in [0.3, 0.4) is 0 Å². The Hall–Kier alpha value is -3.33. The third-order valence-electron chi connectivity index (χ3n) is 4.03. The molecule has 0 saturated carbocycles. The van der Waals surface area contributed by atoms with Gasteiger partial charge in [0, 0.05) is 17.5 Å². The van der Waals surface area contributed by atoms with Crippen molar-refractivity contribution in [3.8, 4) is 33.9 Å². The SMILES string of the molecule is Cc1cc(-c2ccccn2)nc(-c2ccc(-c3ccccc3)cc2)n1. The van der Waals surface area contributed by atoms with Gasteiger partial charge in [0.2, 0.25) is 0 Å². The normalized spacial score (nSPS) is 10.6. The van der Waals surface area contributed by atoms with Crippen molar-refractivity contribution < 1.29 is 0 Å². The standard InChI is InChI=1S/C22H17N3/c1-16-15-21(20-9-5-6-14-23-20)25-22(24-16)19-12-10-18(11-13-19)17-7-3-2-4-8-17/h2-15H,1H3. The number of nitrogens with zero attached hydrogens (tertiary/aromatic N) is 3. The van der Waals surface area contributed by atoms with Crippen molar-refractivity contribution in [1.29, 1.82) is 0 Å². The Labute approximate surface area is 147 Å². The molecule has 3 heteroatoms. The zero-order chi connectivity index (χ0) is 17.1. The Bertz CT molecular complexity index is 979. The van der Waals surface area contributed by atoms with E-state index in [1.165, 1.54) is 11.1 Å². The molecule has 0 aliphatic rings. The van der Waals surface area contributed by atoms with E-state index in [2.05, 4.69) is 46.4 Å². The van der Waals surface area contributed by atoms with Crippen molar-refractivity contribution in [2.24, 2.45) is 0 Å². The second-order valence-electron chi connectivity index (χ2n) is 5.88. The number of hydrogen-bond donors (Lipinski definition) is 0. The molecule has 0 atom stereocenters. The van der Waals surface area contributed by atoms with E-state index in [0.717, 1.165) is 28.5 Å². The van der Waals surface area contributed by atoms with Crippen LogP contribution in [0.25, 0.3) is 33.9 Å². The van der Waals surface area contributed by atoms with Crippen molar-refractivity contribution in [2.75, 3.05) is 0 Å². The Balaban J connectivity index is 1.71. The predicted octanol–water partition coefficient (Wildman–Crippen LogP) is 5.18. The summed E-state index contributed by atoms with van der Waals surface area (Å²) >= 11 is 0. The minimum Gasteiger partial charge on any atom is -0.255 e. The van der Waals surface area contributed by atoms with Gasteiger partial charge in [0.05, 0.1) is 11.4 Å². The summed E-state index contributed by atoms with van der Waals surface area (Å²) in [4.78, 5) is 13.7. The first-order valence-corrected chi connectivity index (χ1v) is 8.22. The lowest BCUT2D eigenvalue weighted by molar-refractivity contribution is 1.10. The molecular weight excluding hydrogens is 306 g/mol. The third kappa shape index (κ3) is 3.31. The van der Waals surface area contributed by atoms with Gasteiger partial charge in [-0.1, -0.05) is 60.7 Å². The average molecular weight is 323 g/mol. The van der Waals surface area contributed by atoms with Crippen LogP contribution in [0.4, 0.5) is 0 Å². The van der Waals surface area contributed by atoms with Gasteiger partial charge in [-0.2, -0.15) is 0 Å². The highest BCUT2D eigenvalue weighted by molar-refractivity contribution is 5.68. The molecule has 120 valence electrons. The number of aromatic nitrogens is 3. The zero-order valence-electron chi connectivity index (χ0n) is 13.9. The molecule has 3 nitrogen and oxygen atoms in total. The van der Waals surface area contributed by atoms with Crippen molar-refractivity contribution in [1.82, 2.24) is 15.0 Å². The first-order valence-electron chi connectivity index (χ1n) is 8.22. The number of benzene rings is 2. The van der Waals surface area contributed by atoms with Gasteiger partial charge in [-0.3, -0.25) is 4.98 Å². The van der Waals surface area contributed by atoms with E-state index >= 15 is 0 Å². The van der Waals surface area contributed by atoms with Crippen LogP contribution in [0.15, 0.2) is 85.1 Å². The smallest absolute Gasteiger partial charge is 0.160 e. The van der Waals surface area contributed by atoms with Crippen LogP contribution in [0.1, 0.15) is 5.69 Å². The summed E-state index contributed by atoms with van der Waals surface area (Å²) in [5.41, 5.74) is 6.01. The second-order valence-corrected chi connectivity index (χ2v) is 5.88. The second kappa shape index (κ2) is 6.65. The number of hydrogen-bond acceptors (Lipinski definition) is 3. The Morgan fingerprint density at radius 2 is 1.28 bits per heavy atom. The largest absolute Gasteiger partial charge is 0.255 e. The van der Waals surface area contributed by atoms with Gasteiger partial charge >= 0.3 is 0 Å². The van der Waals surface area contributed by atoms with Crippen LogP contribution < -0.4 is 0 Å². The predicted molar refractivity (Wildman–Crippen MR) is 101 cm³/mol. The Kier molecular flexibility index (Phi) is 4.05. The highest BCUT2D eigenvalue weighted by Crippen LogP contribution is 2.24. The van der Waals surface area contributed by atoms with Gasteiger partial charge in [0.1, 0.15) is 0 Å². The zero-order valence-corrected chi connectivity index (χ0v) is 13.9. The van der Waals surface area contributed by atoms with Crippen molar-refractivity contribution in [3.05, 3.63) is 90.8 Å². The number of pyridine rings is 1. The highest BCUT2D eigenvalue weighted by Gasteiger charge is 2.08. The first kappa shape index (κ1) is 15.2. The molecule has 0 radical (unpaired) electrons. The number of rotatable bonds is 3. The van der Waals surface area contributed by atoms with E-state index in [0.29, 0.717) is 0 Å². The minimum absolute atomic E-state index is 0.722. The molecule has 0 bridgehead atoms. The summed E-state index contributed by atoms with van der Waals surface area (Å²) < 4.78 is 0. The van der Waals surface area contributed by atoms with Crippen LogP contribution in [0, 0.1) is 6.92 Å². The van der Waals surface area contributed by atoms with E-state index in [9.17, 15) is 0 Å². The van der Waals surface area contributed by atoms with E-state index in [1.807, 2.05) is 49.4 Å². The van der Waals surface area contributed by atoms with E-state index < -0.39 is 0 Å². The average Bonchev–Trinajstić information content (AvgIpc) is 2.69. The lowest BCUT2D eigenvalue weighted by Gasteiger charge is -2.07. The summed E-state index contributed by atoms with van der Waals surface area (Å²) in [7, 11) is 0. The van der Waals surface area contributed by atoms with Gasteiger partial charge in [-0.05, 0) is 36.2 Å². The van der Waals surface area contributed by atoms with E-state index in [4.69, 9.17) is 4.98 Å². The van der Waals surface area contributed by atoms with Crippen LogP contribution in [-0.2, 0) is 0 Å². The lowest BCUT2D eigenvalue weighted by atomic mass is 10.0. The quantitative estimate of drug-likeness (QED) is 0.521. The fourth-order valence-electron chi connectivity index (χ4n) is 2.79. The maximum atomic E-state index is 4.70. The molecule has 0 aliphatic carbocycles. The van der Waals surface area contributed by atoms with Gasteiger partial charge in [0.25, 0.3) is 0 Å². The maximum Gasteiger partial charge on any atom is 0.160 e. The number of aryl methyl sites for hydroxylation is 1. The molecule has 0 amide bonds. The topological polar surface area (TPSA) is 38.7 Å². The molecule has 4 aromatic rings. The van der Waals surface area contributed by atoms with Crippen molar-refractivity contribution in [3.63, 3.8) is 0 Å². The first-order chi connectivity index (χ1) is 12.3. The van der Waals surface area contributed by atoms with Crippen LogP contribution in [0.2, 0.25) is 0 Å². The Morgan fingerprint density at radius 3 is 2.00 bits per heavy atom. The van der Waals surface area contributed by atoms with Crippen LogP contribution in [-0.4, -0.2) is 15.0 Å². The van der Waals surface area contributed by atoms with Gasteiger partial charge in [-0.15, -0.1) is 0 Å². The molecule has 0 N–H and O–H groups in total. The van der Waals surface area contributed by atoms with E-state index in [1.54, 1.807) is 6.20 Å². The fraction of sp³-hybridized carbons (Fsp3) is 0.0455. The molecule has 0 saturated heterocycles. The highest BCUT2D eigenvalue weighted by atomic mass is 14.9.